The molecule has 150 valence electrons. The third-order valence-electron chi connectivity index (χ3n) is 3.40. The molecule has 0 radical (unpaired) electrons. The number of carbonyl (C=O) groups is 1. The van der Waals surface area contributed by atoms with Crippen LogP contribution < -0.4 is 5.32 Å². The molecule has 0 bridgehead atoms. The van der Waals surface area contributed by atoms with Gasteiger partial charge in [-0.1, -0.05) is 35.5 Å². The molecule has 4 nitrogen and oxygen atoms in total. The van der Waals surface area contributed by atoms with Crippen LogP contribution in [0.5, 0.6) is 0 Å². The van der Waals surface area contributed by atoms with E-state index in [4.69, 9.17) is 0 Å². The van der Waals surface area contributed by atoms with Crippen LogP contribution in [0.15, 0.2) is 35.5 Å². The number of nitrogens with zero attached hydrogens (tertiary/aromatic N) is 1. The van der Waals surface area contributed by atoms with E-state index in [0.717, 1.165) is 0 Å². The van der Waals surface area contributed by atoms with Crippen molar-refractivity contribution in [1.29, 1.82) is 0 Å². The van der Waals surface area contributed by atoms with Crippen molar-refractivity contribution in [2.45, 2.75) is 13.1 Å². The van der Waals surface area contributed by atoms with Crippen LogP contribution in [0.1, 0.15) is 18.1 Å². The summed E-state index contributed by atoms with van der Waals surface area (Å²) in [6.07, 6.45) is -5.68. The molecule has 1 N–H and O–H groups in total. The highest BCUT2D eigenvalue weighted by molar-refractivity contribution is 5.98. The Hall–Kier alpha value is -3.11. The van der Waals surface area contributed by atoms with Gasteiger partial charge in [0.1, 0.15) is 11.3 Å². The molecule has 0 saturated carbocycles. The molecule has 28 heavy (non-hydrogen) atoms. The van der Waals surface area contributed by atoms with Crippen LogP contribution in [0.3, 0.4) is 0 Å². The number of halogens is 7. The zero-order valence-corrected chi connectivity index (χ0v) is 14.0. The molecule has 0 fully saturated rings. The Morgan fingerprint density at radius 1 is 1.00 bits per heavy atom. The zero-order chi connectivity index (χ0) is 21.1. The fraction of sp³-hybridized carbons (Fsp3) is 0.176. The number of oxime groups is 1. The minimum absolute atomic E-state index is 0.345. The first-order chi connectivity index (χ1) is 13.0. The Morgan fingerprint density at radius 3 is 2.04 bits per heavy atom. The summed E-state index contributed by atoms with van der Waals surface area (Å²) >= 11 is 0. The first-order valence-electron chi connectivity index (χ1n) is 7.49. The molecule has 2 aromatic carbocycles. The van der Waals surface area contributed by atoms with Crippen LogP contribution in [0.2, 0.25) is 0 Å². The number of benzene rings is 2. The maximum atomic E-state index is 13.7. The lowest BCUT2D eigenvalue weighted by Crippen LogP contribution is -2.22. The standard InChI is InChI=1S/C17H11F7N2O2/c1-8(9-5-3-2-4-6-9)26-28-7-10(27)25-16-14(20)12(18)11(17(22,23)24)13(19)15(16)21/h2-6H,7H2,1H3,(H,25,27)/b26-8+. The zero-order valence-electron chi connectivity index (χ0n) is 14.0. The topological polar surface area (TPSA) is 50.7 Å². The summed E-state index contributed by atoms with van der Waals surface area (Å²) in [5.41, 5.74) is -3.45. The van der Waals surface area contributed by atoms with Crippen LogP contribution >= 0.6 is 0 Å². The van der Waals surface area contributed by atoms with Gasteiger partial charge >= 0.3 is 6.18 Å². The second kappa shape index (κ2) is 8.28. The predicted octanol–water partition coefficient (Wildman–Crippen LogP) is 4.64. The van der Waals surface area contributed by atoms with Gasteiger partial charge in [0.05, 0.1) is 5.71 Å². The summed E-state index contributed by atoms with van der Waals surface area (Å²) in [6.45, 7) is 0.612. The van der Waals surface area contributed by atoms with Gasteiger partial charge in [0.2, 0.25) is 0 Å². The van der Waals surface area contributed by atoms with Gasteiger partial charge in [-0.3, -0.25) is 4.79 Å². The smallest absolute Gasteiger partial charge is 0.385 e. The van der Waals surface area contributed by atoms with Gasteiger partial charge < -0.3 is 10.2 Å². The van der Waals surface area contributed by atoms with E-state index in [1.807, 2.05) is 0 Å². The Kier molecular flexibility index (Phi) is 6.26. The van der Waals surface area contributed by atoms with Gasteiger partial charge in [-0.2, -0.15) is 13.2 Å². The lowest BCUT2D eigenvalue weighted by Gasteiger charge is -2.14. The van der Waals surface area contributed by atoms with Crippen molar-refractivity contribution >= 4 is 17.3 Å². The average molecular weight is 408 g/mol. The van der Waals surface area contributed by atoms with Crippen LogP contribution in [0.4, 0.5) is 36.4 Å². The van der Waals surface area contributed by atoms with Gasteiger partial charge in [-0.05, 0) is 12.5 Å². The Labute approximate surface area is 153 Å². The minimum atomic E-state index is -5.68. The lowest BCUT2D eigenvalue weighted by molar-refractivity contribution is -0.143. The second-order valence-corrected chi connectivity index (χ2v) is 5.37. The van der Waals surface area contributed by atoms with E-state index in [1.165, 1.54) is 12.2 Å². The van der Waals surface area contributed by atoms with E-state index in [0.29, 0.717) is 11.3 Å². The summed E-state index contributed by atoms with van der Waals surface area (Å²) in [5.74, 6) is -11.5. The largest absolute Gasteiger partial charge is 0.422 e. The van der Waals surface area contributed by atoms with Crippen LogP contribution in [0, 0.1) is 23.3 Å². The highest BCUT2D eigenvalue weighted by Gasteiger charge is 2.42. The van der Waals surface area contributed by atoms with Crippen molar-refractivity contribution in [3.8, 4) is 0 Å². The predicted molar refractivity (Wildman–Crippen MR) is 84.5 cm³/mol. The maximum absolute atomic E-state index is 13.7. The molecule has 1 amide bonds. The molecule has 0 heterocycles. The number of rotatable bonds is 5. The van der Waals surface area contributed by atoms with Gasteiger partial charge in [0.15, 0.2) is 29.9 Å². The van der Waals surface area contributed by atoms with Crippen molar-refractivity contribution in [2.24, 2.45) is 5.16 Å². The number of hydrogen-bond acceptors (Lipinski definition) is 3. The SMILES string of the molecule is C/C(=N\OCC(=O)Nc1c(F)c(F)c(C(F)(F)F)c(F)c1F)c1ccccc1. The highest BCUT2D eigenvalue weighted by atomic mass is 19.4. The van der Waals surface area contributed by atoms with E-state index in [2.05, 4.69) is 9.99 Å². The maximum Gasteiger partial charge on any atom is 0.422 e. The molecule has 0 atom stereocenters. The number of amides is 1. The molecule has 0 aliphatic carbocycles. The molecule has 0 aromatic heterocycles. The fourth-order valence-corrected chi connectivity index (χ4v) is 2.09. The average Bonchev–Trinajstić information content (AvgIpc) is 2.63. The number of hydrogen-bond donors (Lipinski definition) is 1. The summed E-state index contributed by atoms with van der Waals surface area (Å²) in [4.78, 5) is 16.3. The molecule has 0 aliphatic rings. The van der Waals surface area contributed by atoms with Crippen LogP contribution in [0.25, 0.3) is 0 Å². The summed E-state index contributed by atoms with van der Waals surface area (Å²) in [5, 5.41) is 5.00. The normalized spacial score (nSPS) is 12.1. The number of anilines is 1. The van der Waals surface area contributed by atoms with Gasteiger partial charge in [0.25, 0.3) is 5.91 Å². The lowest BCUT2D eigenvalue weighted by atomic mass is 10.1. The Morgan fingerprint density at radius 2 is 1.54 bits per heavy atom. The number of alkyl halides is 3. The van der Waals surface area contributed by atoms with E-state index in [1.54, 1.807) is 30.3 Å². The third-order valence-corrected chi connectivity index (χ3v) is 3.40. The van der Waals surface area contributed by atoms with Crippen molar-refractivity contribution in [2.75, 3.05) is 11.9 Å². The van der Waals surface area contributed by atoms with Crippen molar-refractivity contribution in [3.63, 3.8) is 0 Å². The minimum Gasteiger partial charge on any atom is -0.385 e. The van der Waals surface area contributed by atoms with Crippen molar-refractivity contribution in [3.05, 3.63) is 64.7 Å². The summed E-state index contributed by atoms with van der Waals surface area (Å²) < 4.78 is 91.9. The molecule has 2 aromatic rings. The van der Waals surface area contributed by atoms with Gasteiger partial charge in [0, 0.05) is 0 Å². The molecule has 0 aliphatic heterocycles. The molecule has 11 heteroatoms. The monoisotopic (exact) mass is 408 g/mol. The number of carbonyl (C=O) groups excluding carboxylic acids is 1. The summed E-state index contributed by atoms with van der Waals surface area (Å²) in [6, 6.07) is 8.53. The second-order valence-electron chi connectivity index (χ2n) is 5.37. The molecule has 0 saturated heterocycles. The number of nitrogens with one attached hydrogen (secondary N) is 1. The van der Waals surface area contributed by atoms with E-state index >= 15 is 0 Å². The van der Waals surface area contributed by atoms with Crippen molar-refractivity contribution in [1.82, 2.24) is 0 Å². The van der Waals surface area contributed by atoms with Gasteiger partial charge in [-0.25, -0.2) is 17.6 Å². The fourth-order valence-electron chi connectivity index (χ4n) is 2.09. The van der Waals surface area contributed by atoms with E-state index in [-0.39, 0.29) is 0 Å². The molecule has 0 unspecified atom stereocenters. The van der Waals surface area contributed by atoms with E-state index < -0.39 is 53.2 Å². The molecule has 0 spiro atoms. The molecular formula is C17H11F7N2O2. The molecule has 2 rings (SSSR count). The van der Waals surface area contributed by atoms with Crippen LogP contribution in [-0.2, 0) is 15.8 Å². The quantitative estimate of drug-likeness (QED) is 0.339. The first kappa shape index (κ1) is 21.2. The molecular weight excluding hydrogens is 397 g/mol. The van der Waals surface area contributed by atoms with Gasteiger partial charge in [-0.15, -0.1) is 0 Å². The van der Waals surface area contributed by atoms with Crippen LogP contribution in [-0.4, -0.2) is 18.2 Å². The first-order valence-corrected chi connectivity index (χ1v) is 7.49. The Bertz CT molecular complexity index is 883. The van der Waals surface area contributed by atoms with Crippen molar-refractivity contribution < 1.29 is 40.4 Å². The third kappa shape index (κ3) is 4.59. The summed E-state index contributed by atoms with van der Waals surface area (Å²) in [7, 11) is 0. The Balaban J connectivity index is 2.14. The highest BCUT2D eigenvalue weighted by Crippen LogP contribution is 2.38. The van der Waals surface area contributed by atoms with E-state index in [9.17, 15) is 35.5 Å².